The maximum atomic E-state index is 11.7. The van der Waals surface area contributed by atoms with Gasteiger partial charge in [0.1, 0.15) is 6.61 Å². The van der Waals surface area contributed by atoms with Crippen molar-refractivity contribution in [2.75, 3.05) is 6.54 Å². The summed E-state index contributed by atoms with van der Waals surface area (Å²) in [5.74, 6) is 5.73. The van der Waals surface area contributed by atoms with Crippen molar-refractivity contribution >= 4 is 22.6 Å². The Hall–Kier alpha value is -3.92. The van der Waals surface area contributed by atoms with E-state index >= 15 is 0 Å². The SMILES string of the molecule is O=C(NCC#Cc1ccc([N+](=O)[O-])c2cnccc12)OCc1ccccc1. The van der Waals surface area contributed by atoms with Crippen LogP contribution in [0.4, 0.5) is 10.5 Å². The number of rotatable bonds is 4. The lowest BCUT2D eigenvalue weighted by molar-refractivity contribution is -0.383. The predicted molar refractivity (Wildman–Crippen MR) is 99.9 cm³/mol. The van der Waals surface area contributed by atoms with Gasteiger partial charge in [0.2, 0.25) is 0 Å². The van der Waals surface area contributed by atoms with Crippen LogP contribution in [0.15, 0.2) is 60.9 Å². The van der Waals surface area contributed by atoms with Gasteiger partial charge in [-0.2, -0.15) is 0 Å². The van der Waals surface area contributed by atoms with Gasteiger partial charge in [0.15, 0.2) is 0 Å². The van der Waals surface area contributed by atoms with Crippen LogP contribution in [-0.4, -0.2) is 22.5 Å². The van der Waals surface area contributed by atoms with E-state index in [0.29, 0.717) is 16.3 Å². The van der Waals surface area contributed by atoms with Gasteiger partial charge in [-0.05, 0) is 17.7 Å². The standard InChI is InChI=1S/C20H15N3O4/c24-20(27-14-15-5-2-1-3-6-15)22-11-4-7-16-8-9-19(23(25)26)18-13-21-12-10-17(16)18/h1-3,5-6,8-10,12-13H,11,14H2,(H,22,24). The lowest BCUT2D eigenvalue weighted by Gasteiger charge is -2.04. The Bertz CT molecular complexity index is 1040. The summed E-state index contributed by atoms with van der Waals surface area (Å²) in [5, 5.41) is 14.7. The molecule has 1 N–H and O–H groups in total. The fourth-order valence-corrected chi connectivity index (χ4v) is 2.47. The second-order valence-electron chi connectivity index (χ2n) is 5.53. The largest absolute Gasteiger partial charge is 0.445 e. The van der Waals surface area contributed by atoms with E-state index in [9.17, 15) is 14.9 Å². The number of carbonyl (C=O) groups excluding carboxylic acids is 1. The molecular formula is C20H15N3O4. The maximum absolute atomic E-state index is 11.7. The number of aromatic nitrogens is 1. The number of fused-ring (bicyclic) bond motifs is 1. The highest BCUT2D eigenvalue weighted by molar-refractivity contribution is 5.94. The van der Waals surface area contributed by atoms with E-state index in [-0.39, 0.29) is 18.8 Å². The number of nitro benzene ring substituents is 1. The number of nitrogens with one attached hydrogen (secondary N) is 1. The molecule has 3 rings (SSSR count). The van der Waals surface area contributed by atoms with Crippen molar-refractivity contribution in [1.29, 1.82) is 0 Å². The first kappa shape index (κ1) is 17.9. The number of non-ortho nitro benzene ring substituents is 1. The maximum Gasteiger partial charge on any atom is 0.408 e. The zero-order valence-corrected chi connectivity index (χ0v) is 14.2. The molecule has 0 bridgehead atoms. The monoisotopic (exact) mass is 361 g/mol. The van der Waals surface area contributed by atoms with E-state index in [1.165, 1.54) is 12.3 Å². The third kappa shape index (κ3) is 4.58. The molecule has 27 heavy (non-hydrogen) atoms. The molecule has 0 atom stereocenters. The number of alkyl carbamates (subject to hydrolysis) is 1. The van der Waals surface area contributed by atoms with Gasteiger partial charge in [-0.15, -0.1) is 0 Å². The Kier molecular flexibility index (Phi) is 5.60. The fourth-order valence-electron chi connectivity index (χ4n) is 2.47. The number of amides is 1. The van der Waals surface area contributed by atoms with E-state index in [1.54, 1.807) is 18.3 Å². The number of hydrogen-bond donors (Lipinski definition) is 1. The second kappa shape index (κ2) is 8.45. The van der Waals surface area contributed by atoms with Crippen LogP contribution in [0.25, 0.3) is 10.8 Å². The molecule has 2 aromatic carbocycles. The van der Waals surface area contributed by atoms with Crippen LogP contribution in [0.5, 0.6) is 0 Å². The molecule has 0 fully saturated rings. The summed E-state index contributed by atoms with van der Waals surface area (Å²) in [7, 11) is 0. The summed E-state index contributed by atoms with van der Waals surface area (Å²) in [6.45, 7) is 0.275. The van der Waals surface area contributed by atoms with Gasteiger partial charge in [-0.3, -0.25) is 15.1 Å². The first-order valence-corrected chi connectivity index (χ1v) is 8.09. The van der Waals surface area contributed by atoms with Crippen LogP contribution in [0, 0.1) is 22.0 Å². The van der Waals surface area contributed by atoms with Crippen LogP contribution in [-0.2, 0) is 11.3 Å². The minimum Gasteiger partial charge on any atom is -0.445 e. The molecule has 1 heterocycles. The van der Waals surface area contributed by atoms with E-state index in [1.807, 2.05) is 30.3 Å². The van der Waals surface area contributed by atoms with Crippen molar-refractivity contribution in [2.45, 2.75) is 6.61 Å². The first-order chi connectivity index (χ1) is 13.1. The number of pyridine rings is 1. The van der Waals surface area contributed by atoms with Crippen LogP contribution in [0.2, 0.25) is 0 Å². The zero-order chi connectivity index (χ0) is 19.1. The molecule has 7 heteroatoms. The molecule has 3 aromatic rings. The molecule has 0 aliphatic heterocycles. The minimum atomic E-state index is -0.564. The molecule has 0 saturated heterocycles. The van der Waals surface area contributed by atoms with E-state index in [0.717, 1.165) is 5.56 Å². The lowest BCUT2D eigenvalue weighted by Crippen LogP contribution is -2.24. The smallest absolute Gasteiger partial charge is 0.408 e. The van der Waals surface area contributed by atoms with Gasteiger partial charge in [0.05, 0.1) is 16.9 Å². The Balaban J connectivity index is 1.62. The summed E-state index contributed by atoms with van der Waals surface area (Å²) in [4.78, 5) is 26.3. The average Bonchev–Trinajstić information content (AvgIpc) is 2.70. The predicted octanol–water partition coefficient (Wildman–Crippen LogP) is 3.42. The van der Waals surface area contributed by atoms with Crippen molar-refractivity contribution in [3.05, 3.63) is 82.2 Å². The van der Waals surface area contributed by atoms with Crippen molar-refractivity contribution in [1.82, 2.24) is 10.3 Å². The van der Waals surface area contributed by atoms with Gasteiger partial charge in [-0.1, -0.05) is 42.2 Å². The number of nitrogens with zero attached hydrogens (tertiary/aromatic N) is 2. The van der Waals surface area contributed by atoms with Gasteiger partial charge in [0.25, 0.3) is 5.69 Å². The molecule has 7 nitrogen and oxygen atoms in total. The van der Waals surface area contributed by atoms with Gasteiger partial charge < -0.3 is 10.1 Å². The summed E-state index contributed by atoms with van der Waals surface area (Å²) >= 11 is 0. The number of carbonyl (C=O) groups is 1. The lowest BCUT2D eigenvalue weighted by atomic mass is 10.1. The average molecular weight is 361 g/mol. The highest BCUT2D eigenvalue weighted by Crippen LogP contribution is 2.26. The number of nitro groups is 1. The molecule has 0 aliphatic rings. The third-order valence-corrected chi connectivity index (χ3v) is 3.75. The zero-order valence-electron chi connectivity index (χ0n) is 14.2. The van der Waals surface area contributed by atoms with Crippen LogP contribution in [0.3, 0.4) is 0 Å². The van der Waals surface area contributed by atoms with Crippen molar-refractivity contribution in [3.8, 4) is 11.8 Å². The number of ether oxygens (including phenoxy) is 1. The number of benzene rings is 2. The van der Waals surface area contributed by atoms with Crippen molar-refractivity contribution in [2.24, 2.45) is 0 Å². The number of hydrogen-bond acceptors (Lipinski definition) is 5. The summed E-state index contributed by atoms with van der Waals surface area (Å²) in [6.07, 6.45) is 2.43. The van der Waals surface area contributed by atoms with Crippen molar-refractivity contribution < 1.29 is 14.5 Å². The van der Waals surface area contributed by atoms with Crippen LogP contribution in [0.1, 0.15) is 11.1 Å². The quantitative estimate of drug-likeness (QED) is 0.436. The third-order valence-electron chi connectivity index (χ3n) is 3.75. The molecule has 0 saturated carbocycles. The minimum absolute atomic E-state index is 0.0220. The summed E-state index contributed by atoms with van der Waals surface area (Å²) < 4.78 is 5.09. The van der Waals surface area contributed by atoms with Crippen LogP contribution < -0.4 is 5.32 Å². The van der Waals surface area contributed by atoms with E-state index in [4.69, 9.17) is 4.74 Å². The Morgan fingerprint density at radius 3 is 2.74 bits per heavy atom. The van der Waals surface area contributed by atoms with Crippen molar-refractivity contribution in [3.63, 3.8) is 0 Å². The van der Waals surface area contributed by atoms with Gasteiger partial charge in [-0.25, -0.2) is 4.79 Å². The molecule has 1 amide bonds. The topological polar surface area (TPSA) is 94.4 Å². The normalized spacial score (nSPS) is 9.93. The second-order valence-corrected chi connectivity index (χ2v) is 5.53. The van der Waals surface area contributed by atoms with E-state index < -0.39 is 11.0 Å². The Morgan fingerprint density at radius 2 is 1.96 bits per heavy atom. The highest BCUT2D eigenvalue weighted by Gasteiger charge is 2.13. The van der Waals surface area contributed by atoms with Gasteiger partial charge in [0, 0.05) is 29.4 Å². The highest BCUT2D eigenvalue weighted by atomic mass is 16.6. The van der Waals surface area contributed by atoms with Crippen LogP contribution >= 0.6 is 0 Å². The Labute approximate surface area is 155 Å². The van der Waals surface area contributed by atoms with E-state index in [2.05, 4.69) is 22.1 Å². The molecule has 134 valence electrons. The molecule has 0 radical (unpaired) electrons. The summed E-state index contributed by atoms with van der Waals surface area (Å²) in [6, 6.07) is 14.0. The first-order valence-electron chi connectivity index (χ1n) is 8.09. The molecular weight excluding hydrogens is 346 g/mol. The molecule has 0 unspecified atom stereocenters. The van der Waals surface area contributed by atoms with Gasteiger partial charge >= 0.3 is 6.09 Å². The summed E-state index contributed by atoms with van der Waals surface area (Å²) in [5.41, 5.74) is 1.49. The molecule has 0 spiro atoms. The molecule has 1 aromatic heterocycles. The molecule has 0 aliphatic carbocycles. The Morgan fingerprint density at radius 1 is 1.15 bits per heavy atom. The fraction of sp³-hybridized carbons (Fsp3) is 0.100.